The van der Waals surface area contributed by atoms with E-state index >= 15 is 0 Å². The molecule has 0 saturated carbocycles. The van der Waals surface area contributed by atoms with E-state index in [2.05, 4.69) is 10.3 Å². The van der Waals surface area contributed by atoms with Crippen molar-refractivity contribution in [3.05, 3.63) is 23.9 Å². The van der Waals surface area contributed by atoms with Gasteiger partial charge in [0.25, 0.3) is 0 Å². The van der Waals surface area contributed by atoms with Gasteiger partial charge in [-0.25, -0.2) is 4.98 Å². The smallest absolute Gasteiger partial charge is 0.396 e. The Kier molecular flexibility index (Phi) is 3.90. The zero-order valence-electron chi connectivity index (χ0n) is 7.88. The molecule has 3 nitrogen and oxygen atoms in total. The number of nitrogens with zero attached hydrogens (tertiary/aromatic N) is 1. The van der Waals surface area contributed by atoms with Crippen LogP contribution in [-0.4, -0.2) is 23.2 Å². The summed E-state index contributed by atoms with van der Waals surface area (Å²) in [5.41, 5.74) is -0.920. The van der Waals surface area contributed by atoms with Crippen LogP contribution < -0.4 is 5.32 Å². The second kappa shape index (κ2) is 4.97. The Morgan fingerprint density at radius 1 is 1.33 bits per heavy atom. The summed E-state index contributed by atoms with van der Waals surface area (Å²) < 4.78 is 36.7. The average molecular weight is 220 g/mol. The minimum atomic E-state index is -4.42. The fourth-order valence-corrected chi connectivity index (χ4v) is 0.987. The molecule has 0 atom stereocenters. The molecule has 84 valence electrons. The summed E-state index contributed by atoms with van der Waals surface area (Å²) in [4.78, 5) is 3.40. The molecule has 0 radical (unpaired) electrons. The molecule has 1 aromatic rings. The molecule has 1 aromatic heterocycles. The van der Waals surface area contributed by atoms with Gasteiger partial charge in [0.2, 0.25) is 0 Å². The van der Waals surface area contributed by atoms with Crippen LogP contribution in [0.5, 0.6) is 0 Å². The highest BCUT2D eigenvalue weighted by Gasteiger charge is 2.32. The number of alkyl halides is 3. The molecular formula is C9H11F3N2O. The van der Waals surface area contributed by atoms with Gasteiger partial charge in [-0.2, -0.15) is 13.2 Å². The minimum Gasteiger partial charge on any atom is -0.396 e. The van der Waals surface area contributed by atoms with Gasteiger partial charge in [-0.1, -0.05) is 6.07 Å². The Bertz CT molecular complexity index is 314. The number of aromatic nitrogens is 1. The van der Waals surface area contributed by atoms with Crippen molar-refractivity contribution in [2.75, 3.05) is 18.5 Å². The molecule has 15 heavy (non-hydrogen) atoms. The van der Waals surface area contributed by atoms with Crippen LogP contribution in [-0.2, 0) is 6.18 Å². The van der Waals surface area contributed by atoms with Crippen LogP contribution in [0.1, 0.15) is 12.1 Å². The highest BCUT2D eigenvalue weighted by Crippen LogP contribution is 2.27. The number of rotatable bonds is 4. The summed E-state index contributed by atoms with van der Waals surface area (Å²) >= 11 is 0. The maximum absolute atomic E-state index is 12.2. The number of hydrogen-bond donors (Lipinski definition) is 2. The van der Waals surface area contributed by atoms with Crippen molar-refractivity contribution in [3.63, 3.8) is 0 Å². The van der Waals surface area contributed by atoms with Gasteiger partial charge in [0.05, 0.1) is 0 Å². The van der Waals surface area contributed by atoms with E-state index in [1.807, 2.05) is 0 Å². The maximum Gasteiger partial charge on any atom is 0.433 e. The van der Waals surface area contributed by atoms with Crippen molar-refractivity contribution >= 4 is 5.82 Å². The Balaban J connectivity index is 2.66. The lowest BCUT2D eigenvalue weighted by atomic mass is 10.3. The SMILES string of the molecule is OCCCNc1cccc(C(F)(F)F)n1. The number of pyridine rings is 1. The fourth-order valence-electron chi connectivity index (χ4n) is 0.987. The molecule has 0 aliphatic rings. The number of nitrogens with one attached hydrogen (secondary N) is 1. The molecule has 0 unspecified atom stereocenters. The van der Waals surface area contributed by atoms with Gasteiger partial charge in [-0.3, -0.25) is 0 Å². The zero-order chi connectivity index (χ0) is 11.3. The first-order valence-corrected chi connectivity index (χ1v) is 4.43. The quantitative estimate of drug-likeness (QED) is 0.761. The monoisotopic (exact) mass is 220 g/mol. The van der Waals surface area contributed by atoms with Crippen molar-refractivity contribution in [2.45, 2.75) is 12.6 Å². The van der Waals surface area contributed by atoms with Crippen LogP contribution in [0, 0.1) is 0 Å². The van der Waals surface area contributed by atoms with Gasteiger partial charge < -0.3 is 10.4 Å². The van der Waals surface area contributed by atoms with Gasteiger partial charge in [-0.15, -0.1) is 0 Å². The van der Waals surface area contributed by atoms with Crippen LogP contribution in [0.25, 0.3) is 0 Å². The van der Waals surface area contributed by atoms with Crippen LogP contribution in [0.2, 0.25) is 0 Å². The summed E-state index contributed by atoms with van der Waals surface area (Å²) in [6.07, 6.45) is -3.95. The first-order chi connectivity index (χ1) is 7.04. The number of halogens is 3. The molecule has 1 heterocycles. The minimum absolute atomic E-state index is 0.00797. The molecule has 2 N–H and O–H groups in total. The van der Waals surface area contributed by atoms with Gasteiger partial charge in [0, 0.05) is 13.2 Å². The van der Waals surface area contributed by atoms with Crippen molar-refractivity contribution < 1.29 is 18.3 Å². The number of aliphatic hydroxyl groups excluding tert-OH is 1. The van der Waals surface area contributed by atoms with Gasteiger partial charge in [0.15, 0.2) is 0 Å². The third-order valence-electron chi connectivity index (χ3n) is 1.68. The van der Waals surface area contributed by atoms with Crippen LogP contribution in [0.15, 0.2) is 18.2 Å². The van der Waals surface area contributed by atoms with E-state index in [1.165, 1.54) is 12.1 Å². The third kappa shape index (κ3) is 3.75. The molecule has 0 spiro atoms. The highest BCUT2D eigenvalue weighted by atomic mass is 19.4. The summed E-state index contributed by atoms with van der Waals surface area (Å²) in [5, 5.41) is 11.2. The lowest BCUT2D eigenvalue weighted by Gasteiger charge is -2.08. The van der Waals surface area contributed by atoms with E-state index < -0.39 is 11.9 Å². The molecular weight excluding hydrogens is 209 g/mol. The Labute approximate surface area is 85.0 Å². The van der Waals surface area contributed by atoms with Crippen molar-refractivity contribution in [1.29, 1.82) is 0 Å². The zero-order valence-corrected chi connectivity index (χ0v) is 7.88. The van der Waals surface area contributed by atoms with E-state index in [1.54, 1.807) is 0 Å². The first-order valence-electron chi connectivity index (χ1n) is 4.43. The van der Waals surface area contributed by atoms with Crippen LogP contribution >= 0.6 is 0 Å². The first kappa shape index (κ1) is 11.8. The predicted octanol–water partition coefficient (Wildman–Crippen LogP) is 1.89. The van der Waals surface area contributed by atoms with Crippen LogP contribution in [0.4, 0.5) is 19.0 Å². The van der Waals surface area contributed by atoms with Gasteiger partial charge in [-0.05, 0) is 18.6 Å². The second-order valence-electron chi connectivity index (χ2n) is 2.91. The Morgan fingerprint density at radius 3 is 2.67 bits per heavy atom. The maximum atomic E-state index is 12.2. The normalized spacial score (nSPS) is 11.5. The average Bonchev–Trinajstić information content (AvgIpc) is 2.17. The molecule has 0 fully saturated rings. The Hall–Kier alpha value is -1.30. The van der Waals surface area contributed by atoms with E-state index in [4.69, 9.17) is 5.11 Å². The Morgan fingerprint density at radius 2 is 2.07 bits per heavy atom. The number of aliphatic hydroxyl groups is 1. The van der Waals surface area contributed by atoms with Crippen molar-refractivity contribution in [1.82, 2.24) is 4.98 Å². The number of anilines is 1. The van der Waals surface area contributed by atoms with E-state index in [0.717, 1.165) is 6.07 Å². The van der Waals surface area contributed by atoms with Crippen LogP contribution in [0.3, 0.4) is 0 Å². The standard InChI is InChI=1S/C9H11F3N2O/c10-9(11,12)7-3-1-4-8(14-7)13-5-2-6-15/h1,3-4,15H,2,5-6H2,(H,13,14). The summed E-state index contributed by atoms with van der Waals surface area (Å²) in [5.74, 6) is 0.165. The molecule has 1 rings (SSSR count). The fraction of sp³-hybridized carbons (Fsp3) is 0.444. The van der Waals surface area contributed by atoms with E-state index in [-0.39, 0.29) is 12.4 Å². The number of hydrogen-bond acceptors (Lipinski definition) is 3. The lowest BCUT2D eigenvalue weighted by Crippen LogP contribution is -2.11. The lowest BCUT2D eigenvalue weighted by molar-refractivity contribution is -0.141. The molecule has 0 aliphatic heterocycles. The third-order valence-corrected chi connectivity index (χ3v) is 1.68. The van der Waals surface area contributed by atoms with Crippen molar-refractivity contribution in [3.8, 4) is 0 Å². The molecule has 0 saturated heterocycles. The highest BCUT2D eigenvalue weighted by molar-refractivity contribution is 5.35. The van der Waals surface area contributed by atoms with Crippen molar-refractivity contribution in [2.24, 2.45) is 0 Å². The molecule has 0 bridgehead atoms. The molecule has 0 aromatic carbocycles. The summed E-state index contributed by atoms with van der Waals surface area (Å²) in [6, 6.07) is 3.65. The topological polar surface area (TPSA) is 45.1 Å². The molecule has 6 heteroatoms. The summed E-state index contributed by atoms with van der Waals surface area (Å²) in [6.45, 7) is 0.386. The van der Waals surface area contributed by atoms with E-state index in [9.17, 15) is 13.2 Å². The van der Waals surface area contributed by atoms with E-state index in [0.29, 0.717) is 13.0 Å². The second-order valence-corrected chi connectivity index (χ2v) is 2.91. The summed E-state index contributed by atoms with van der Waals surface area (Å²) in [7, 11) is 0. The predicted molar refractivity (Wildman–Crippen MR) is 49.4 cm³/mol. The molecule has 0 aliphatic carbocycles. The van der Waals surface area contributed by atoms with Gasteiger partial charge in [0.1, 0.15) is 11.5 Å². The van der Waals surface area contributed by atoms with Gasteiger partial charge >= 0.3 is 6.18 Å². The largest absolute Gasteiger partial charge is 0.433 e. The molecule has 0 amide bonds.